The zero-order valence-corrected chi connectivity index (χ0v) is 22.1. The third kappa shape index (κ3) is 5.79. The SMILES string of the molecule is COc1cc2c(cc1Oc1ccc(-c3c[nH]c(C(=O)O)c3)c(F)c1)[C@H](C)[C@H](CC(=O)Nc1nccs1)NCC2. The molecule has 9 nitrogen and oxygen atoms in total. The Labute approximate surface area is 228 Å². The third-order valence-corrected chi connectivity index (χ3v) is 7.49. The molecule has 0 aliphatic carbocycles. The number of ether oxygens (including phenoxy) is 2. The number of amides is 1. The summed E-state index contributed by atoms with van der Waals surface area (Å²) in [6, 6.07) is 9.51. The number of aromatic amines is 1. The number of rotatable bonds is 8. The maximum atomic E-state index is 15.0. The van der Waals surface area contributed by atoms with E-state index in [9.17, 15) is 9.59 Å². The van der Waals surface area contributed by atoms with Crippen molar-refractivity contribution in [3.8, 4) is 28.4 Å². The summed E-state index contributed by atoms with van der Waals surface area (Å²) >= 11 is 1.37. The van der Waals surface area contributed by atoms with Gasteiger partial charge >= 0.3 is 5.97 Å². The van der Waals surface area contributed by atoms with Crippen LogP contribution >= 0.6 is 11.3 Å². The number of aromatic carboxylic acids is 1. The summed E-state index contributed by atoms with van der Waals surface area (Å²) in [6.45, 7) is 2.76. The molecule has 0 bridgehead atoms. The highest BCUT2D eigenvalue weighted by Crippen LogP contribution is 2.40. The number of nitrogens with one attached hydrogen (secondary N) is 3. The first-order valence-corrected chi connectivity index (χ1v) is 13.2. The van der Waals surface area contributed by atoms with E-state index in [4.69, 9.17) is 14.6 Å². The number of aromatic nitrogens is 2. The number of carboxylic acids is 1. The van der Waals surface area contributed by atoms with Crippen molar-refractivity contribution < 1.29 is 28.6 Å². The van der Waals surface area contributed by atoms with Gasteiger partial charge in [0.15, 0.2) is 16.6 Å². The first-order chi connectivity index (χ1) is 18.8. The Morgan fingerprint density at radius 2 is 2.08 bits per heavy atom. The largest absolute Gasteiger partial charge is 0.493 e. The normalized spacial score (nSPS) is 16.7. The molecule has 2 aromatic carbocycles. The number of hydrogen-bond acceptors (Lipinski definition) is 7. The number of halogens is 1. The first-order valence-electron chi connectivity index (χ1n) is 12.4. The lowest BCUT2D eigenvalue weighted by molar-refractivity contribution is -0.116. The summed E-state index contributed by atoms with van der Waals surface area (Å²) in [4.78, 5) is 30.5. The van der Waals surface area contributed by atoms with Crippen LogP contribution in [-0.2, 0) is 11.2 Å². The molecule has 4 N–H and O–H groups in total. The summed E-state index contributed by atoms with van der Waals surface area (Å²) in [7, 11) is 1.55. The molecule has 2 atom stereocenters. The lowest BCUT2D eigenvalue weighted by Crippen LogP contribution is -2.36. The fourth-order valence-corrected chi connectivity index (χ4v) is 5.33. The van der Waals surface area contributed by atoms with Gasteiger partial charge in [-0.1, -0.05) is 6.92 Å². The number of benzene rings is 2. The molecule has 0 fully saturated rings. The monoisotopic (exact) mass is 550 g/mol. The molecular weight excluding hydrogens is 523 g/mol. The molecule has 1 amide bonds. The van der Waals surface area contributed by atoms with E-state index in [0.717, 1.165) is 17.5 Å². The van der Waals surface area contributed by atoms with E-state index in [1.54, 1.807) is 25.4 Å². The molecule has 1 aliphatic rings. The average molecular weight is 551 g/mol. The Balaban J connectivity index is 1.37. The van der Waals surface area contributed by atoms with E-state index in [-0.39, 0.29) is 41.3 Å². The smallest absolute Gasteiger partial charge is 0.352 e. The second kappa shape index (κ2) is 11.3. The van der Waals surface area contributed by atoms with Gasteiger partial charge in [0.25, 0.3) is 0 Å². The molecule has 39 heavy (non-hydrogen) atoms. The van der Waals surface area contributed by atoms with E-state index < -0.39 is 11.8 Å². The fourth-order valence-electron chi connectivity index (χ4n) is 4.78. The van der Waals surface area contributed by atoms with Gasteiger partial charge in [-0.15, -0.1) is 11.3 Å². The van der Waals surface area contributed by atoms with Gasteiger partial charge in [-0.2, -0.15) is 0 Å². The van der Waals surface area contributed by atoms with Crippen molar-refractivity contribution in [3.05, 3.63) is 76.8 Å². The highest BCUT2D eigenvalue weighted by Gasteiger charge is 2.28. The molecule has 0 unspecified atom stereocenters. The number of carboxylic acid groups (broad SMARTS) is 1. The van der Waals surface area contributed by atoms with Crippen molar-refractivity contribution in [1.29, 1.82) is 0 Å². The number of carbonyl (C=O) groups excluding carboxylic acids is 1. The number of anilines is 1. The van der Waals surface area contributed by atoms with Crippen LogP contribution in [0.2, 0.25) is 0 Å². The van der Waals surface area contributed by atoms with E-state index in [1.807, 2.05) is 17.5 Å². The molecule has 2 aromatic heterocycles. The van der Waals surface area contributed by atoms with Crippen molar-refractivity contribution in [3.63, 3.8) is 0 Å². The summed E-state index contributed by atoms with van der Waals surface area (Å²) in [5.41, 5.74) is 2.75. The van der Waals surface area contributed by atoms with Crippen LogP contribution in [0.4, 0.5) is 9.52 Å². The molecule has 1 aliphatic heterocycles. The molecule has 0 saturated heterocycles. The number of carbonyl (C=O) groups is 2. The number of nitrogens with zero attached hydrogens (tertiary/aromatic N) is 1. The number of hydrogen-bond donors (Lipinski definition) is 4. The Morgan fingerprint density at radius 1 is 1.23 bits per heavy atom. The van der Waals surface area contributed by atoms with Crippen molar-refractivity contribution >= 4 is 28.3 Å². The predicted octanol–water partition coefficient (Wildman–Crippen LogP) is 5.42. The van der Waals surface area contributed by atoms with Gasteiger partial charge in [0.05, 0.1) is 7.11 Å². The summed E-state index contributed by atoms with van der Waals surface area (Å²) in [5, 5.41) is 17.8. The molecule has 0 saturated carbocycles. The topological polar surface area (TPSA) is 126 Å². The van der Waals surface area contributed by atoms with Crippen LogP contribution in [0.25, 0.3) is 11.1 Å². The van der Waals surface area contributed by atoms with Crippen LogP contribution in [0.3, 0.4) is 0 Å². The Morgan fingerprint density at radius 3 is 2.77 bits per heavy atom. The van der Waals surface area contributed by atoms with Crippen LogP contribution in [-0.4, -0.2) is 46.6 Å². The summed E-state index contributed by atoms with van der Waals surface area (Å²) < 4.78 is 26.7. The quantitative estimate of drug-likeness (QED) is 0.231. The molecule has 5 rings (SSSR count). The lowest BCUT2D eigenvalue weighted by Gasteiger charge is -2.24. The minimum Gasteiger partial charge on any atom is -0.493 e. The number of H-pyrrole nitrogens is 1. The molecule has 11 heteroatoms. The fraction of sp³-hybridized carbons (Fsp3) is 0.250. The second-order valence-electron chi connectivity index (χ2n) is 9.24. The van der Waals surface area contributed by atoms with E-state index in [2.05, 4.69) is 27.5 Å². The van der Waals surface area contributed by atoms with Crippen LogP contribution in [0.15, 0.2) is 54.2 Å². The highest BCUT2D eigenvalue weighted by atomic mass is 32.1. The highest BCUT2D eigenvalue weighted by molar-refractivity contribution is 7.13. The van der Waals surface area contributed by atoms with Gasteiger partial charge in [-0.3, -0.25) is 4.79 Å². The summed E-state index contributed by atoms with van der Waals surface area (Å²) in [5.74, 6) is -0.600. The van der Waals surface area contributed by atoms with Gasteiger partial charge in [-0.25, -0.2) is 14.2 Å². The Bertz CT molecular complexity index is 1500. The van der Waals surface area contributed by atoms with Crippen LogP contribution in [0.5, 0.6) is 17.2 Å². The zero-order valence-electron chi connectivity index (χ0n) is 21.3. The van der Waals surface area contributed by atoms with Gasteiger partial charge in [0.1, 0.15) is 17.3 Å². The van der Waals surface area contributed by atoms with Gasteiger partial charge in [-0.05, 0) is 60.3 Å². The van der Waals surface area contributed by atoms with Gasteiger partial charge in [0, 0.05) is 47.4 Å². The molecule has 0 spiro atoms. The first kappa shape index (κ1) is 26.4. The van der Waals surface area contributed by atoms with Crippen molar-refractivity contribution in [2.75, 3.05) is 19.0 Å². The van der Waals surface area contributed by atoms with E-state index in [1.165, 1.54) is 29.7 Å². The van der Waals surface area contributed by atoms with Crippen molar-refractivity contribution in [2.45, 2.75) is 31.7 Å². The zero-order chi connectivity index (χ0) is 27.5. The molecule has 0 radical (unpaired) electrons. The molecule has 202 valence electrons. The minimum absolute atomic E-state index is 0.0195. The maximum absolute atomic E-state index is 15.0. The summed E-state index contributed by atoms with van der Waals surface area (Å²) in [6.07, 6.45) is 4.12. The molecule has 4 aromatic rings. The molecular formula is C28H27FN4O5S. The van der Waals surface area contributed by atoms with E-state index >= 15 is 4.39 Å². The van der Waals surface area contributed by atoms with Gasteiger partial charge in [0.2, 0.25) is 5.91 Å². The number of methoxy groups -OCH3 is 1. The molecule has 3 heterocycles. The Hall–Kier alpha value is -4.22. The van der Waals surface area contributed by atoms with Crippen LogP contribution < -0.4 is 20.1 Å². The van der Waals surface area contributed by atoms with Crippen molar-refractivity contribution in [2.24, 2.45) is 0 Å². The van der Waals surface area contributed by atoms with E-state index in [0.29, 0.717) is 28.7 Å². The minimum atomic E-state index is -1.12. The van der Waals surface area contributed by atoms with Crippen LogP contribution in [0.1, 0.15) is 40.9 Å². The Kier molecular flexibility index (Phi) is 7.62. The lowest BCUT2D eigenvalue weighted by atomic mass is 9.88. The van der Waals surface area contributed by atoms with Gasteiger partial charge < -0.3 is 30.2 Å². The predicted molar refractivity (Wildman–Crippen MR) is 145 cm³/mol. The average Bonchev–Trinajstić information content (AvgIpc) is 3.58. The second-order valence-corrected chi connectivity index (χ2v) is 10.1. The van der Waals surface area contributed by atoms with Crippen molar-refractivity contribution in [1.82, 2.24) is 15.3 Å². The number of thiazole rings is 1. The standard InChI is InChI=1S/C28H27FN4O5S/c1-15-20-12-25(38-18-3-4-19(21(29)11-18)17-9-23(27(35)36)32-14-17)24(37-2)10-16(20)5-6-30-22(15)13-26(34)33-28-31-7-8-39-28/h3-4,7-12,14-15,22,30,32H,5-6,13H2,1-2H3,(H,35,36)(H,31,33,34)/t15-,22-/m0/s1. The van der Waals surface area contributed by atoms with Crippen LogP contribution in [0, 0.1) is 5.82 Å². The third-order valence-electron chi connectivity index (χ3n) is 6.80. The maximum Gasteiger partial charge on any atom is 0.352 e. The number of fused-ring (bicyclic) bond motifs is 1.